The number of rotatable bonds is 5. The molecule has 0 fully saturated rings. The largest absolute Gasteiger partial charge is 0.481 e. The van der Waals surface area contributed by atoms with E-state index in [1.54, 1.807) is 24.3 Å². The van der Waals surface area contributed by atoms with Crippen molar-refractivity contribution in [1.82, 2.24) is 0 Å². The smallest absolute Gasteiger partial charge is 0.307 e. The third kappa shape index (κ3) is 3.89. The van der Waals surface area contributed by atoms with Crippen molar-refractivity contribution in [2.75, 3.05) is 5.32 Å². The van der Waals surface area contributed by atoms with Gasteiger partial charge in [0.1, 0.15) is 0 Å². The molecule has 2 aromatic rings. The van der Waals surface area contributed by atoms with Crippen LogP contribution >= 0.6 is 0 Å². The van der Waals surface area contributed by atoms with Gasteiger partial charge in [-0.3, -0.25) is 19.7 Å². The number of amides is 1. The second-order valence-corrected chi connectivity index (χ2v) is 4.53. The average molecular weight is 300 g/mol. The van der Waals surface area contributed by atoms with Gasteiger partial charge < -0.3 is 10.4 Å². The maximum Gasteiger partial charge on any atom is 0.307 e. The van der Waals surface area contributed by atoms with Crippen molar-refractivity contribution in [3.8, 4) is 0 Å². The number of nitrogens with one attached hydrogen (secondary N) is 1. The summed E-state index contributed by atoms with van der Waals surface area (Å²) in [7, 11) is 0. The first-order valence-corrected chi connectivity index (χ1v) is 6.32. The number of hydrogen-bond donors (Lipinski definition) is 2. The first kappa shape index (κ1) is 15.2. The van der Waals surface area contributed by atoms with Gasteiger partial charge in [-0.15, -0.1) is 0 Å². The van der Waals surface area contributed by atoms with Crippen LogP contribution in [0, 0.1) is 10.1 Å². The molecule has 2 N–H and O–H groups in total. The lowest BCUT2D eigenvalue weighted by atomic mass is 10.1. The molecule has 22 heavy (non-hydrogen) atoms. The Kier molecular flexibility index (Phi) is 4.47. The lowest BCUT2D eigenvalue weighted by Crippen LogP contribution is -2.12. The van der Waals surface area contributed by atoms with E-state index in [4.69, 9.17) is 5.11 Å². The van der Waals surface area contributed by atoms with Crippen LogP contribution in [0.3, 0.4) is 0 Å². The van der Waals surface area contributed by atoms with Crippen molar-refractivity contribution in [1.29, 1.82) is 0 Å². The van der Waals surface area contributed by atoms with Gasteiger partial charge in [-0.2, -0.15) is 0 Å². The van der Waals surface area contributed by atoms with Crippen LogP contribution in [-0.2, 0) is 11.2 Å². The molecule has 0 aliphatic heterocycles. The van der Waals surface area contributed by atoms with Crippen LogP contribution in [0.25, 0.3) is 0 Å². The van der Waals surface area contributed by atoms with Crippen LogP contribution < -0.4 is 5.32 Å². The number of carbonyl (C=O) groups excluding carboxylic acids is 1. The SMILES string of the molecule is O=C(O)Cc1ccc(NC(=O)c2cccc([N+](=O)[O-])c2)cc1. The van der Waals surface area contributed by atoms with Crippen molar-refractivity contribution >= 4 is 23.3 Å². The van der Waals surface area contributed by atoms with E-state index in [0.29, 0.717) is 11.3 Å². The van der Waals surface area contributed by atoms with E-state index in [-0.39, 0.29) is 17.7 Å². The summed E-state index contributed by atoms with van der Waals surface area (Å²) >= 11 is 0. The van der Waals surface area contributed by atoms with Gasteiger partial charge in [-0.25, -0.2) is 0 Å². The third-order valence-electron chi connectivity index (χ3n) is 2.89. The highest BCUT2D eigenvalue weighted by Crippen LogP contribution is 2.16. The fourth-order valence-corrected chi connectivity index (χ4v) is 1.84. The summed E-state index contributed by atoms with van der Waals surface area (Å²) in [6.07, 6.45) is -0.0981. The molecule has 112 valence electrons. The number of hydrogen-bond acceptors (Lipinski definition) is 4. The van der Waals surface area contributed by atoms with Crippen LogP contribution in [0.5, 0.6) is 0 Å². The molecule has 0 saturated carbocycles. The minimum atomic E-state index is -0.937. The summed E-state index contributed by atoms with van der Waals surface area (Å²) in [5, 5.41) is 22.0. The predicted molar refractivity (Wildman–Crippen MR) is 78.8 cm³/mol. The van der Waals surface area contributed by atoms with Crippen LogP contribution in [0.15, 0.2) is 48.5 Å². The van der Waals surface area contributed by atoms with Crippen molar-refractivity contribution in [2.45, 2.75) is 6.42 Å². The van der Waals surface area contributed by atoms with Crippen LogP contribution in [0.4, 0.5) is 11.4 Å². The Hall–Kier alpha value is -3.22. The highest BCUT2D eigenvalue weighted by Gasteiger charge is 2.11. The van der Waals surface area contributed by atoms with Crippen molar-refractivity contribution in [3.05, 3.63) is 69.8 Å². The highest BCUT2D eigenvalue weighted by molar-refractivity contribution is 6.04. The second-order valence-electron chi connectivity index (χ2n) is 4.53. The highest BCUT2D eigenvalue weighted by atomic mass is 16.6. The lowest BCUT2D eigenvalue weighted by molar-refractivity contribution is -0.384. The summed E-state index contributed by atoms with van der Waals surface area (Å²) in [6, 6.07) is 11.7. The van der Waals surface area contributed by atoms with E-state index >= 15 is 0 Å². The summed E-state index contributed by atoms with van der Waals surface area (Å²) in [4.78, 5) is 32.7. The average Bonchev–Trinajstić information content (AvgIpc) is 2.49. The Balaban J connectivity index is 2.10. The monoisotopic (exact) mass is 300 g/mol. The van der Waals surface area contributed by atoms with E-state index in [9.17, 15) is 19.7 Å². The van der Waals surface area contributed by atoms with Crippen LogP contribution in [-0.4, -0.2) is 21.9 Å². The number of carboxylic acid groups (broad SMARTS) is 1. The summed E-state index contributed by atoms with van der Waals surface area (Å²) < 4.78 is 0. The van der Waals surface area contributed by atoms with Gasteiger partial charge in [-0.1, -0.05) is 18.2 Å². The number of benzene rings is 2. The minimum absolute atomic E-state index is 0.0981. The molecule has 2 rings (SSSR count). The van der Waals surface area contributed by atoms with E-state index in [1.807, 2.05) is 0 Å². The first-order valence-electron chi connectivity index (χ1n) is 6.32. The van der Waals surface area contributed by atoms with Crippen LogP contribution in [0.1, 0.15) is 15.9 Å². The van der Waals surface area contributed by atoms with Crippen molar-refractivity contribution in [2.24, 2.45) is 0 Å². The maximum atomic E-state index is 12.0. The molecule has 2 aromatic carbocycles. The molecular weight excluding hydrogens is 288 g/mol. The molecule has 0 atom stereocenters. The van der Waals surface area contributed by atoms with Gasteiger partial charge in [0.05, 0.1) is 11.3 Å². The zero-order valence-corrected chi connectivity index (χ0v) is 11.4. The van der Waals surface area contributed by atoms with E-state index in [2.05, 4.69) is 5.32 Å². The number of aliphatic carboxylic acids is 1. The van der Waals surface area contributed by atoms with E-state index < -0.39 is 16.8 Å². The minimum Gasteiger partial charge on any atom is -0.481 e. The molecule has 0 aliphatic carbocycles. The fourth-order valence-electron chi connectivity index (χ4n) is 1.84. The molecule has 7 heteroatoms. The maximum absolute atomic E-state index is 12.0. The summed E-state index contributed by atoms with van der Waals surface area (Å²) in [5.74, 6) is -1.41. The Labute approximate surface area is 125 Å². The van der Waals surface area contributed by atoms with Gasteiger partial charge in [-0.05, 0) is 23.8 Å². The molecule has 7 nitrogen and oxygen atoms in total. The van der Waals surface area contributed by atoms with E-state index in [0.717, 1.165) is 0 Å². The molecule has 0 aromatic heterocycles. The molecule has 0 heterocycles. The Morgan fingerprint density at radius 3 is 2.41 bits per heavy atom. The third-order valence-corrected chi connectivity index (χ3v) is 2.89. The zero-order chi connectivity index (χ0) is 16.1. The van der Waals surface area contributed by atoms with Crippen molar-refractivity contribution < 1.29 is 19.6 Å². The Bertz CT molecular complexity index is 725. The molecule has 0 bridgehead atoms. The molecule has 0 saturated heterocycles. The zero-order valence-electron chi connectivity index (χ0n) is 11.4. The number of non-ortho nitro benzene ring substituents is 1. The van der Waals surface area contributed by atoms with Gasteiger partial charge in [0.2, 0.25) is 0 Å². The molecular formula is C15H12N2O5. The summed E-state index contributed by atoms with van der Waals surface area (Å²) in [5.41, 5.74) is 1.10. The number of nitro groups is 1. The van der Waals surface area contributed by atoms with Gasteiger partial charge in [0.15, 0.2) is 0 Å². The molecule has 0 radical (unpaired) electrons. The topological polar surface area (TPSA) is 110 Å². The van der Waals surface area contributed by atoms with Gasteiger partial charge >= 0.3 is 5.97 Å². The normalized spacial score (nSPS) is 10.0. The van der Waals surface area contributed by atoms with Gasteiger partial charge in [0, 0.05) is 23.4 Å². The molecule has 0 spiro atoms. The first-order chi connectivity index (χ1) is 10.5. The number of anilines is 1. The Morgan fingerprint density at radius 2 is 1.82 bits per heavy atom. The Morgan fingerprint density at radius 1 is 1.14 bits per heavy atom. The van der Waals surface area contributed by atoms with Crippen LogP contribution in [0.2, 0.25) is 0 Å². The lowest BCUT2D eigenvalue weighted by Gasteiger charge is -2.06. The number of carboxylic acids is 1. The number of carbonyl (C=O) groups is 2. The number of nitro benzene ring substituents is 1. The molecule has 1 amide bonds. The molecule has 0 unspecified atom stereocenters. The quantitative estimate of drug-likeness (QED) is 0.651. The van der Waals surface area contributed by atoms with Crippen molar-refractivity contribution in [3.63, 3.8) is 0 Å². The molecule has 0 aliphatic rings. The van der Waals surface area contributed by atoms with E-state index in [1.165, 1.54) is 24.3 Å². The predicted octanol–water partition coefficient (Wildman–Crippen LogP) is 2.47. The van der Waals surface area contributed by atoms with Gasteiger partial charge in [0.25, 0.3) is 11.6 Å². The second kappa shape index (κ2) is 6.49. The fraction of sp³-hybridized carbons (Fsp3) is 0.0667. The standard InChI is InChI=1S/C15H12N2O5/c18-14(19)8-10-4-6-12(7-5-10)16-15(20)11-2-1-3-13(9-11)17(21)22/h1-7,9H,8H2,(H,16,20)(H,18,19). The summed E-state index contributed by atoms with van der Waals surface area (Å²) in [6.45, 7) is 0. The number of nitrogens with zero attached hydrogens (tertiary/aromatic N) is 1.